The van der Waals surface area contributed by atoms with Crippen LogP contribution in [-0.4, -0.2) is 10.7 Å². The lowest BCUT2D eigenvalue weighted by Gasteiger charge is -2.09. The zero-order valence-electron chi connectivity index (χ0n) is 8.06. The zero-order valence-corrected chi connectivity index (χ0v) is 11.2. The molecule has 0 spiro atoms. The van der Waals surface area contributed by atoms with Gasteiger partial charge < -0.3 is 5.32 Å². The molecule has 0 saturated heterocycles. The van der Waals surface area contributed by atoms with Crippen molar-refractivity contribution in [1.29, 1.82) is 0 Å². The molecule has 0 saturated carbocycles. The molecule has 1 aromatic carbocycles. The van der Waals surface area contributed by atoms with E-state index < -0.39 is 5.82 Å². The summed E-state index contributed by atoms with van der Waals surface area (Å²) in [4.78, 5) is 11.2. The third-order valence-corrected chi connectivity index (χ3v) is 3.39. The quantitative estimate of drug-likeness (QED) is 0.836. The van der Waals surface area contributed by atoms with Crippen LogP contribution in [0.3, 0.4) is 0 Å². The summed E-state index contributed by atoms with van der Waals surface area (Å²) in [5, 5.41) is 2.51. The Morgan fingerprint density at radius 2 is 2.27 bits per heavy atom. The van der Waals surface area contributed by atoms with E-state index in [0.717, 1.165) is 4.47 Å². The van der Waals surface area contributed by atoms with Crippen molar-refractivity contribution in [3.63, 3.8) is 0 Å². The lowest BCUT2D eigenvalue weighted by atomic mass is 10.2. The van der Waals surface area contributed by atoms with Gasteiger partial charge in [0.1, 0.15) is 5.82 Å². The first-order chi connectivity index (χ1) is 7.04. The topological polar surface area (TPSA) is 29.1 Å². The van der Waals surface area contributed by atoms with Crippen LogP contribution in [-0.2, 0) is 4.79 Å². The van der Waals surface area contributed by atoms with E-state index in [-0.39, 0.29) is 16.4 Å². The van der Waals surface area contributed by atoms with Crippen molar-refractivity contribution in [1.82, 2.24) is 0 Å². The lowest BCUT2D eigenvalue weighted by Crippen LogP contribution is -2.22. The minimum absolute atomic E-state index is 0.187. The molecule has 1 unspecified atom stereocenters. The summed E-state index contributed by atoms with van der Waals surface area (Å²) < 4.78 is 14.0. The molecule has 0 heterocycles. The molecule has 1 aromatic rings. The Bertz CT molecular complexity index is 370. The van der Waals surface area contributed by atoms with Crippen molar-refractivity contribution in [2.24, 2.45) is 0 Å². The van der Waals surface area contributed by atoms with Crippen LogP contribution < -0.4 is 5.32 Å². The molecule has 1 amide bonds. The summed E-state index contributed by atoms with van der Waals surface area (Å²) in [6, 6.07) is 4.41. The minimum atomic E-state index is -0.442. The van der Waals surface area contributed by atoms with Crippen LogP contribution in [0.2, 0.25) is 0 Å². The number of nitrogens with one attached hydrogen (secondary N) is 1. The second kappa shape index (κ2) is 5.61. The summed E-state index contributed by atoms with van der Waals surface area (Å²) in [6.07, 6.45) is 0.654. The molecule has 1 atom stereocenters. The first kappa shape index (κ1) is 12.6. The van der Waals surface area contributed by atoms with Gasteiger partial charge in [-0.1, -0.05) is 38.8 Å². The van der Waals surface area contributed by atoms with Gasteiger partial charge in [0.05, 0.1) is 10.5 Å². The van der Waals surface area contributed by atoms with E-state index in [2.05, 4.69) is 37.2 Å². The van der Waals surface area contributed by atoms with Gasteiger partial charge in [0.2, 0.25) is 5.91 Å². The molecule has 5 heteroatoms. The summed E-state index contributed by atoms with van der Waals surface area (Å²) in [7, 11) is 0. The van der Waals surface area contributed by atoms with Gasteiger partial charge in [-0.15, -0.1) is 0 Å². The Hall–Kier alpha value is -0.420. The van der Waals surface area contributed by atoms with E-state index in [1.54, 1.807) is 6.07 Å². The highest BCUT2D eigenvalue weighted by atomic mass is 79.9. The summed E-state index contributed by atoms with van der Waals surface area (Å²) in [5.41, 5.74) is 0.187. The van der Waals surface area contributed by atoms with Gasteiger partial charge in [-0.25, -0.2) is 4.39 Å². The van der Waals surface area contributed by atoms with Gasteiger partial charge in [-0.05, 0) is 24.6 Å². The van der Waals surface area contributed by atoms with Crippen LogP contribution >= 0.6 is 31.9 Å². The molecule has 0 radical (unpaired) electrons. The van der Waals surface area contributed by atoms with E-state index >= 15 is 0 Å². The number of hydrogen-bond donors (Lipinski definition) is 1. The molecule has 1 N–H and O–H groups in total. The van der Waals surface area contributed by atoms with E-state index in [0.29, 0.717) is 6.42 Å². The van der Waals surface area contributed by atoms with Crippen molar-refractivity contribution < 1.29 is 9.18 Å². The fourth-order valence-corrected chi connectivity index (χ4v) is 1.47. The van der Waals surface area contributed by atoms with Gasteiger partial charge >= 0.3 is 0 Å². The van der Waals surface area contributed by atoms with Gasteiger partial charge in [0, 0.05) is 4.47 Å². The predicted octanol–water partition coefficient (Wildman–Crippen LogP) is 3.70. The lowest BCUT2D eigenvalue weighted by molar-refractivity contribution is -0.115. The van der Waals surface area contributed by atoms with E-state index in [4.69, 9.17) is 0 Å². The number of halogens is 3. The SMILES string of the molecule is CCC(Br)C(=O)Nc1cc(Br)ccc1F. The first-order valence-electron chi connectivity index (χ1n) is 4.44. The van der Waals surface area contributed by atoms with Gasteiger partial charge in [0.15, 0.2) is 0 Å². The second-order valence-electron chi connectivity index (χ2n) is 2.99. The number of benzene rings is 1. The molecule has 0 aliphatic heterocycles. The highest BCUT2D eigenvalue weighted by molar-refractivity contribution is 9.10. The van der Waals surface area contributed by atoms with Crippen LogP contribution in [0.4, 0.5) is 10.1 Å². The molecule has 2 nitrogen and oxygen atoms in total. The van der Waals surface area contributed by atoms with Crippen molar-refractivity contribution >= 4 is 43.5 Å². The Morgan fingerprint density at radius 1 is 1.60 bits per heavy atom. The average Bonchev–Trinajstić information content (AvgIpc) is 2.22. The molecule has 0 fully saturated rings. The van der Waals surface area contributed by atoms with Gasteiger partial charge in [0.25, 0.3) is 0 Å². The molecule has 0 bridgehead atoms. The smallest absolute Gasteiger partial charge is 0.238 e. The predicted molar refractivity (Wildman–Crippen MR) is 65.7 cm³/mol. The number of alkyl halides is 1. The molecule has 0 aromatic heterocycles. The second-order valence-corrected chi connectivity index (χ2v) is 5.01. The van der Waals surface area contributed by atoms with Crippen LogP contribution in [0.1, 0.15) is 13.3 Å². The molecule has 15 heavy (non-hydrogen) atoms. The van der Waals surface area contributed by atoms with Crippen molar-refractivity contribution in [3.05, 3.63) is 28.5 Å². The van der Waals surface area contributed by atoms with E-state index in [9.17, 15) is 9.18 Å². The maximum absolute atomic E-state index is 13.2. The number of amides is 1. The van der Waals surface area contributed by atoms with Gasteiger partial charge in [-0.2, -0.15) is 0 Å². The summed E-state index contributed by atoms with van der Waals surface area (Å²) in [6.45, 7) is 1.87. The monoisotopic (exact) mass is 337 g/mol. The summed E-state index contributed by atoms with van der Waals surface area (Å²) in [5.74, 6) is -0.683. The number of rotatable bonds is 3. The van der Waals surface area contributed by atoms with Crippen LogP contribution in [0, 0.1) is 5.82 Å². The molecular formula is C10H10Br2FNO. The normalized spacial score (nSPS) is 12.3. The molecule has 0 aliphatic rings. The Balaban J connectivity index is 2.80. The Kier molecular flexibility index (Phi) is 4.73. The Morgan fingerprint density at radius 3 is 2.87 bits per heavy atom. The maximum atomic E-state index is 13.2. The number of hydrogen-bond acceptors (Lipinski definition) is 1. The van der Waals surface area contributed by atoms with Crippen LogP contribution in [0.5, 0.6) is 0 Å². The molecule has 1 rings (SSSR count). The van der Waals surface area contributed by atoms with Gasteiger partial charge in [-0.3, -0.25) is 4.79 Å². The molecule has 82 valence electrons. The Labute approximate surface area is 105 Å². The number of carbonyl (C=O) groups is 1. The van der Waals surface area contributed by atoms with Crippen molar-refractivity contribution in [3.8, 4) is 0 Å². The third-order valence-electron chi connectivity index (χ3n) is 1.83. The highest BCUT2D eigenvalue weighted by Crippen LogP contribution is 2.21. The molecular weight excluding hydrogens is 329 g/mol. The first-order valence-corrected chi connectivity index (χ1v) is 6.15. The molecule has 0 aliphatic carbocycles. The van der Waals surface area contributed by atoms with Crippen molar-refractivity contribution in [2.75, 3.05) is 5.32 Å². The zero-order chi connectivity index (χ0) is 11.4. The third kappa shape index (κ3) is 3.57. The van der Waals surface area contributed by atoms with Crippen LogP contribution in [0.25, 0.3) is 0 Å². The summed E-state index contributed by atoms with van der Waals surface area (Å²) >= 11 is 6.41. The minimum Gasteiger partial charge on any atom is -0.323 e. The van der Waals surface area contributed by atoms with E-state index in [1.165, 1.54) is 12.1 Å². The average molecular weight is 339 g/mol. The van der Waals surface area contributed by atoms with Crippen LogP contribution in [0.15, 0.2) is 22.7 Å². The number of anilines is 1. The van der Waals surface area contributed by atoms with Crippen molar-refractivity contribution in [2.45, 2.75) is 18.2 Å². The fraction of sp³-hybridized carbons (Fsp3) is 0.300. The fourth-order valence-electron chi connectivity index (χ4n) is 0.990. The maximum Gasteiger partial charge on any atom is 0.238 e. The standard InChI is InChI=1S/C10H10Br2FNO/c1-2-7(12)10(15)14-9-5-6(11)3-4-8(9)13/h3-5,7H,2H2,1H3,(H,14,15). The largest absolute Gasteiger partial charge is 0.323 e. The van der Waals surface area contributed by atoms with E-state index in [1.807, 2.05) is 6.92 Å². The number of carbonyl (C=O) groups excluding carboxylic acids is 1. The highest BCUT2D eigenvalue weighted by Gasteiger charge is 2.14.